The van der Waals surface area contributed by atoms with E-state index in [2.05, 4.69) is 45.2 Å². The van der Waals surface area contributed by atoms with Gasteiger partial charge in [0.25, 0.3) is 0 Å². The van der Waals surface area contributed by atoms with Crippen LogP contribution in [0.25, 0.3) is 20.9 Å². The van der Waals surface area contributed by atoms with Crippen molar-refractivity contribution in [2.45, 2.75) is 38.7 Å². The number of halogens is 1. The van der Waals surface area contributed by atoms with E-state index in [0.29, 0.717) is 23.9 Å². The summed E-state index contributed by atoms with van der Waals surface area (Å²) in [5.74, 6) is 0.382. The fourth-order valence-electron chi connectivity index (χ4n) is 4.12. The molecule has 5 aromatic rings. The van der Waals surface area contributed by atoms with Gasteiger partial charge in [-0.2, -0.15) is 0 Å². The molecule has 0 radical (unpaired) electrons. The lowest BCUT2D eigenvalue weighted by molar-refractivity contribution is -0.119. The number of hydrogen-bond donors (Lipinski definition) is 3. The van der Waals surface area contributed by atoms with Gasteiger partial charge in [0, 0.05) is 38.7 Å². The van der Waals surface area contributed by atoms with Gasteiger partial charge in [-0.1, -0.05) is 50.0 Å². The fraction of sp³-hybridized carbons (Fsp3) is 0.226. The highest BCUT2D eigenvalue weighted by atomic mass is 32.1. The zero-order valence-electron chi connectivity index (χ0n) is 24.1. The molecule has 0 fully saturated rings. The van der Waals surface area contributed by atoms with Crippen molar-refractivity contribution >= 4 is 58.6 Å². The van der Waals surface area contributed by atoms with E-state index in [1.165, 1.54) is 23.5 Å². The van der Waals surface area contributed by atoms with Gasteiger partial charge in [-0.25, -0.2) is 9.37 Å². The van der Waals surface area contributed by atoms with Crippen LogP contribution in [0, 0.1) is 5.82 Å². The molecule has 3 heterocycles. The van der Waals surface area contributed by atoms with Crippen LogP contribution in [0.2, 0.25) is 25.7 Å². The second-order valence-electron chi connectivity index (χ2n) is 11.2. The Labute approximate surface area is 259 Å². The highest BCUT2D eigenvalue weighted by molar-refractivity contribution is 7.80. The molecule has 8 nitrogen and oxygen atoms in total. The molecule has 3 N–H and O–H groups in total. The summed E-state index contributed by atoms with van der Waals surface area (Å²) in [6.45, 7) is 8.19. The molecule has 12 heteroatoms. The first-order valence-electron chi connectivity index (χ1n) is 13.8. The smallest absolute Gasteiger partial charge is 0.230 e. The van der Waals surface area contributed by atoms with Gasteiger partial charge >= 0.3 is 0 Å². The summed E-state index contributed by atoms with van der Waals surface area (Å²) in [7, 11) is -1.14. The predicted octanol–water partition coefficient (Wildman–Crippen LogP) is 7.53. The van der Waals surface area contributed by atoms with E-state index >= 15 is 4.39 Å². The van der Waals surface area contributed by atoms with Crippen molar-refractivity contribution in [1.82, 2.24) is 20.3 Å². The van der Waals surface area contributed by atoms with Crippen molar-refractivity contribution in [2.24, 2.45) is 0 Å². The van der Waals surface area contributed by atoms with Crippen LogP contribution in [0.5, 0.6) is 11.5 Å². The average molecular weight is 634 g/mol. The lowest BCUT2D eigenvalue weighted by Crippen LogP contribution is -2.35. The molecule has 0 saturated heterocycles. The van der Waals surface area contributed by atoms with Gasteiger partial charge in [0.05, 0.1) is 40.0 Å². The number of fused-ring (bicyclic) bond motifs is 1. The van der Waals surface area contributed by atoms with Gasteiger partial charge in [0.15, 0.2) is 16.7 Å². The molecule has 0 spiro atoms. The number of benzene rings is 2. The lowest BCUT2D eigenvalue weighted by Gasteiger charge is -2.14. The van der Waals surface area contributed by atoms with E-state index < -0.39 is 13.9 Å². The number of anilines is 1. The first-order valence-corrected chi connectivity index (χ1v) is 18.7. The van der Waals surface area contributed by atoms with E-state index in [4.69, 9.17) is 21.7 Å². The van der Waals surface area contributed by atoms with Crippen LogP contribution in [0.15, 0.2) is 73.1 Å². The van der Waals surface area contributed by atoms with Crippen LogP contribution in [0.1, 0.15) is 11.3 Å². The molecule has 3 aromatic heterocycles. The van der Waals surface area contributed by atoms with Crippen LogP contribution in [0.4, 0.5) is 10.1 Å². The van der Waals surface area contributed by atoms with Gasteiger partial charge in [0.1, 0.15) is 11.6 Å². The maximum atomic E-state index is 15.1. The molecule has 43 heavy (non-hydrogen) atoms. The largest absolute Gasteiger partial charge is 0.453 e. The summed E-state index contributed by atoms with van der Waals surface area (Å²) in [6.07, 6.45) is 3.59. The Morgan fingerprint density at radius 1 is 1.07 bits per heavy atom. The highest BCUT2D eigenvalue weighted by Crippen LogP contribution is 2.39. The second-order valence-corrected chi connectivity index (χ2v) is 18.2. The molecule has 222 valence electrons. The summed E-state index contributed by atoms with van der Waals surface area (Å²) in [5.41, 5.74) is 2.87. The minimum Gasteiger partial charge on any atom is -0.453 e. The second kappa shape index (κ2) is 13.6. The molecule has 2 aromatic carbocycles. The number of H-pyrrole nitrogens is 1. The molecule has 0 aliphatic rings. The number of pyridine rings is 1. The van der Waals surface area contributed by atoms with Crippen molar-refractivity contribution in [3.05, 3.63) is 90.1 Å². The fourth-order valence-corrected chi connectivity index (χ4v) is 6.13. The molecular weight excluding hydrogens is 602 g/mol. The molecule has 0 unspecified atom stereocenters. The van der Waals surface area contributed by atoms with Gasteiger partial charge < -0.3 is 25.1 Å². The van der Waals surface area contributed by atoms with Crippen LogP contribution < -0.4 is 15.4 Å². The zero-order valence-corrected chi connectivity index (χ0v) is 26.7. The molecular formula is C31H32FN5O3S2Si. The van der Waals surface area contributed by atoms with Crippen LogP contribution in [-0.4, -0.2) is 40.7 Å². The quantitative estimate of drug-likeness (QED) is 0.0785. The number of hydrogen-bond acceptors (Lipinski definition) is 7. The van der Waals surface area contributed by atoms with Crippen LogP contribution in [0.3, 0.4) is 0 Å². The van der Waals surface area contributed by atoms with Gasteiger partial charge in [-0.15, -0.1) is 11.3 Å². The van der Waals surface area contributed by atoms with E-state index in [0.717, 1.165) is 39.0 Å². The Morgan fingerprint density at radius 3 is 2.65 bits per heavy atom. The normalized spacial score (nSPS) is 11.4. The van der Waals surface area contributed by atoms with Crippen molar-refractivity contribution in [2.75, 3.05) is 11.9 Å². The molecule has 0 atom stereocenters. The number of thiophene rings is 1. The summed E-state index contributed by atoms with van der Waals surface area (Å²) < 4.78 is 27.7. The maximum absolute atomic E-state index is 15.1. The number of aromatic nitrogens is 3. The molecule has 1 amide bonds. The third-order valence-electron chi connectivity index (χ3n) is 6.36. The first-order chi connectivity index (χ1) is 20.6. The van der Waals surface area contributed by atoms with Crippen molar-refractivity contribution in [1.29, 1.82) is 0 Å². The highest BCUT2D eigenvalue weighted by Gasteiger charge is 2.16. The van der Waals surface area contributed by atoms with E-state index in [1.807, 2.05) is 36.4 Å². The minimum absolute atomic E-state index is 0.0442. The van der Waals surface area contributed by atoms with Crippen molar-refractivity contribution < 1.29 is 18.7 Å². The molecule has 0 aliphatic heterocycles. The number of carbonyl (C=O) groups excluding carboxylic acids is 1. The minimum atomic E-state index is -1.14. The van der Waals surface area contributed by atoms with Gasteiger partial charge in [0.2, 0.25) is 5.91 Å². The summed E-state index contributed by atoms with van der Waals surface area (Å²) >= 11 is 6.69. The van der Waals surface area contributed by atoms with Crippen LogP contribution >= 0.6 is 23.6 Å². The monoisotopic (exact) mass is 633 g/mol. The van der Waals surface area contributed by atoms with Crippen LogP contribution in [-0.2, 0) is 22.6 Å². The average Bonchev–Trinajstić information content (AvgIpc) is 3.60. The number of nitrogens with one attached hydrogen (secondary N) is 3. The summed E-state index contributed by atoms with van der Waals surface area (Å²) in [6, 6.07) is 18.5. The number of aromatic amines is 1. The standard InChI is InChI=1S/C31H32FN5O3S2Si/c1-43(2,3)14-13-39-19-22-18-34-30(35-22)27-17-24-29(42-27)26(11-12-33-24)40-25-10-9-21(16-23(25)32)36-31(41)37-28(38)15-20-7-5-4-6-8-20/h4-12,16-18H,13-15,19H2,1-3H3,(H,34,35)(H2,36,37,38,41). The number of imidazole rings is 1. The molecule has 0 saturated carbocycles. The van der Waals surface area contributed by atoms with Crippen molar-refractivity contribution in [3.63, 3.8) is 0 Å². The Bertz CT molecular complexity index is 1740. The van der Waals surface area contributed by atoms with Crippen molar-refractivity contribution in [3.8, 4) is 22.2 Å². The van der Waals surface area contributed by atoms with E-state index in [9.17, 15) is 4.79 Å². The SMILES string of the molecule is C[Si](C)(C)CCOCc1cnc(-c2cc3nccc(Oc4ccc(NC(=S)NC(=O)Cc5ccccc5)cc4F)c3s2)[nH]1. The lowest BCUT2D eigenvalue weighted by atomic mass is 10.1. The first kappa shape index (κ1) is 30.5. The Morgan fingerprint density at radius 2 is 1.88 bits per heavy atom. The van der Waals surface area contributed by atoms with Gasteiger partial charge in [-0.05, 0) is 42.0 Å². The van der Waals surface area contributed by atoms with E-state index in [-0.39, 0.29) is 23.2 Å². The van der Waals surface area contributed by atoms with E-state index in [1.54, 1.807) is 24.5 Å². The number of nitrogens with zero attached hydrogens (tertiary/aromatic N) is 2. The Hall–Kier alpha value is -3.97. The molecule has 0 bridgehead atoms. The Kier molecular flexibility index (Phi) is 9.61. The number of rotatable bonds is 11. The predicted molar refractivity (Wildman–Crippen MR) is 176 cm³/mol. The molecule has 0 aliphatic carbocycles. The number of carbonyl (C=O) groups is 1. The molecule has 5 rings (SSSR count). The zero-order chi connectivity index (χ0) is 30.4. The third kappa shape index (κ3) is 8.54. The summed E-state index contributed by atoms with van der Waals surface area (Å²) in [5, 5.41) is 5.54. The maximum Gasteiger partial charge on any atom is 0.230 e. The number of thiocarbonyl (C=S) groups is 1. The topological polar surface area (TPSA) is 101 Å². The Balaban J connectivity index is 1.21. The number of amides is 1. The van der Waals surface area contributed by atoms with Gasteiger partial charge in [-0.3, -0.25) is 9.78 Å². The summed E-state index contributed by atoms with van der Waals surface area (Å²) in [4.78, 5) is 25.5. The number of ether oxygens (including phenoxy) is 2. The third-order valence-corrected chi connectivity index (χ3v) is 9.42.